The average Bonchev–Trinajstić information content (AvgIpc) is 3.05. The van der Waals surface area contributed by atoms with Crippen LogP contribution in [0.2, 0.25) is 0 Å². The summed E-state index contributed by atoms with van der Waals surface area (Å²) in [4.78, 5) is 2.49. The van der Waals surface area contributed by atoms with Gasteiger partial charge in [-0.05, 0) is 11.6 Å². The van der Waals surface area contributed by atoms with Gasteiger partial charge in [-0.25, -0.2) is 0 Å². The van der Waals surface area contributed by atoms with E-state index < -0.39 is 0 Å². The van der Waals surface area contributed by atoms with Crippen LogP contribution in [0.15, 0.2) is 72.5 Å². The van der Waals surface area contributed by atoms with Crippen molar-refractivity contribution in [3.05, 3.63) is 83.6 Å². The Hall–Kier alpha value is -2.10. The molecule has 142 valence electrons. The summed E-state index contributed by atoms with van der Waals surface area (Å²) in [6, 6.07) is 21.6. The van der Waals surface area contributed by atoms with E-state index >= 15 is 0 Å². The highest BCUT2D eigenvalue weighted by Crippen LogP contribution is 2.26. The average molecular weight is 364 g/mol. The van der Waals surface area contributed by atoms with Crippen molar-refractivity contribution in [1.29, 1.82) is 0 Å². The molecule has 0 bridgehead atoms. The topological polar surface area (TPSA) is 12.5 Å². The lowest BCUT2D eigenvalue weighted by Gasteiger charge is -2.30. The van der Waals surface area contributed by atoms with E-state index in [2.05, 4.69) is 78.7 Å². The van der Waals surface area contributed by atoms with Crippen LogP contribution < -0.4 is 0 Å². The first-order chi connectivity index (χ1) is 13.2. The van der Waals surface area contributed by atoms with Crippen molar-refractivity contribution in [1.82, 2.24) is 4.90 Å². The van der Waals surface area contributed by atoms with Gasteiger partial charge in [0.15, 0.2) is 6.10 Å². The maximum Gasteiger partial charge on any atom is 0.152 e. The van der Waals surface area contributed by atoms with Gasteiger partial charge in [0, 0.05) is 38.0 Å². The van der Waals surface area contributed by atoms with Crippen molar-refractivity contribution in [2.45, 2.75) is 32.0 Å². The van der Waals surface area contributed by atoms with Crippen LogP contribution in [0.25, 0.3) is 0 Å². The normalized spacial score (nSPS) is 26.0. The Kier molecular flexibility index (Phi) is 5.61. The smallest absolute Gasteiger partial charge is 0.152 e. The fraction of sp³-hybridized carbons (Fsp3) is 0.417. The lowest BCUT2D eigenvalue weighted by atomic mass is 10.1. The van der Waals surface area contributed by atoms with Gasteiger partial charge in [-0.1, -0.05) is 60.7 Å². The van der Waals surface area contributed by atoms with Crippen molar-refractivity contribution >= 4 is 0 Å². The van der Waals surface area contributed by atoms with E-state index in [1.165, 1.54) is 23.4 Å². The van der Waals surface area contributed by atoms with Crippen LogP contribution in [-0.4, -0.2) is 48.7 Å². The number of ether oxygens (including phenoxy) is 1. The number of likely N-dealkylation sites (tertiary alicyclic amines) is 1. The van der Waals surface area contributed by atoms with Gasteiger partial charge in [-0.3, -0.25) is 4.90 Å². The number of rotatable bonds is 6. The van der Waals surface area contributed by atoms with Crippen molar-refractivity contribution in [3.8, 4) is 0 Å². The summed E-state index contributed by atoms with van der Waals surface area (Å²) in [5, 5.41) is 0. The van der Waals surface area contributed by atoms with E-state index in [0.29, 0.717) is 6.10 Å². The Morgan fingerprint density at radius 3 is 2.37 bits per heavy atom. The molecule has 0 spiro atoms. The first-order valence-electron chi connectivity index (χ1n) is 10.2. The Morgan fingerprint density at radius 2 is 1.70 bits per heavy atom. The highest BCUT2D eigenvalue weighted by Gasteiger charge is 2.36. The second-order valence-corrected chi connectivity index (χ2v) is 8.34. The van der Waals surface area contributed by atoms with Crippen LogP contribution in [0.4, 0.5) is 0 Å². The Bertz CT molecular complexity index is 758. The molecule has 2 aliphatic rings. The molecule has 2 atom stereocenters. The summed E-state index contributed by atoms with van der Waals surface area (Å²) < 4.78 is 7.49. The third-order valence-corrected chi connectivity index (χ3v) is 5.86. The molecule has 1 fully saturated rings. The van der Waals surface area contributed by atoms with E-state index in [9.17, 15) is 0 Å². The zero-order valence-corrected chi connectivity index (χ0v) is 16.4. The fourth-order valence-corrected chi connectivity index (χ4v) is 4.39. The SMILES string of the molecule is C[N+]1(Cc2ccccc2)CCC(OC2=CCN(Cc3ccccc3)CC2)C1. The number of likely N-dealkylation sites (N-methyl/N-ethyl adjacent to an activating group) is 1. The summed E-state index contributed by atoms with van der Waals surface area (Å²) in [5.41, 5.74) is 2.81. The summed E-state index contributed by atoms with van der Waals surface area (Å²) >= 11 is 0. The van der Waals surface area contributed by atoms with Crippen LogP contribution in [0.3, 0.4) is 0 Å². The second-order valence-electron chi connectivity index (χ2n) is 8.34. The van der Waals surface area contributed by atoms with Gasteiger partial charge >= 0.3 is 0 Å². The lowest BCUT2D eigenvalue weighted by molar-refractivity contribution is -0.912. The molecule has 3 nitrogen and oxygen atoms in total. The quantitative estimate of drug-likeness (QED) is 0.713. The molecule has 0 aliphatic carbocycles. The van der Waals surface area contributed by atoms with E-state index in [1.807, 2.05) is 0 Å². The fourth-order valence-electron chi connectivity index (χ4n) is 4.39. The van der Waals surface area contributed by atoms with Crippen molar-refractivity contribution in [3.63, 3.8) is 0 Å². The number of nitrogens with zero attached hydrogens (tertiary/aromatic N) is 2. The highest BCUT2D eigenvalue weighted by atomic mass is 16.5. The van der Waals surface area contributed by atoms with Gasteiger partial charge < -0.3 is 9.22 Å². The standard InChI is InChI=1S/C24H31N2O/c1-26(19-22-10-6-3-7-11-22)17-14-24(20-26)27-23-12-15-25(16-13-23)18-21-8-4-2-5-9-21/h2-12,24H,13-20H2,1H3/q+1. The van der Waals surface area contributed by atoms with Gasteiger partial charge in [0.05, 0.1) is 19.4 Å². The van der Waals surface area contributed by atoms with E-state index in [-0.39, 0.29) is 0 Å². The molecule has 27 heavy (non-hydrogen) atoms. The maximum absolute atomic E-state index is 6.40. The number of hydrogen-bond acceptors (Lipinski definition) is 2. The van der Waals surface area contributed by atoms with Crippen LogP contribution in [-0.2, 0) is 17.8 Å². The van der Waals surface area contributed by atoms with Crippen LogP contribution in [0.1, 0.15) is 24.0 Å². The molecule has 0 amide bonds. The molecule has 4 rings (SSSR count). The first kappa shape index (κ1) is 18.3. The van der Waals surface area contributed by atoms with Crippen molar-refractivity contribution in [2.75, 3.05) is 33.2 Å². The number of quaternary nitrogens is 1. The molecule has 2 aromatic carbocycles. The summed E-state index contributed by atoms with van der Waals surface area (Å²) in [6.45, 7) is 6.52. The molecule has 2 aliphatic heterocycles. The molecule has 1 saturated heterocycles. The minimum absolute atomic E-state index is 0.366. The number of hydrogen-bond donors (Lipinski definition) is 0. The minimum Gasteiger partial charge on any atom is -0.489 e. The summed E-state index contributed by atoms with van der Waals surface area (Å²) in [6.07, 6.45) is 4.86. The van der Waals surface area contributed by atoms with Crippen molar-refractivity contribution < 1.29 is 9.22 Å². The monoisotopic (exact) mass is 363 g/mol. The molecule has 0 radical (unpaired) electrons. The molecular weight excluding hydrogens is 332 g/mol. The second kappa shape index (κ2) is 8.28. The zero-order chi connectivity index (χ0) is 18.5. The van der Waals surface area contributed by atoms with E-state index in [0.717, 1.165) is 50.0 Å². The summed E-state index contributed by atoms with van der Waals surface area (Å²) in [5.74, 6) is 1.21. The lowest BCUT2D eigenvalue weighted by Crippen LogP contribution is -2.41. The largest absolute Gasteiger partial charge is 0.489 e. The van der Waals surface area contributed by atoms with Gasteiger partial charge in [0.2, 0.25) is 0 Å². The molecule has 0 N–H and O–H groups in total. The third kappa shape index (κ3) is 5.00. The van der Waals surface area contributed by atoms with Crippen molar-refractivity contribution in [2.24, 2.45) is 0 Å². The van der Waals surface area contributed by atoms with E-state index in [1.54, 1.807) is 0 Å². The van der Waals surface area contributed by atoms with Crippen LogP contribution in [0, 0.1) is 0 Å². The maximum atomic E-state index is 6.40. The van der Waals surface area contributed by atoms with E-state index in [4.69, 9.17) is 4.74 Å². The highest BCUT2D eigenvalue weighted by molar-refractivity contribution is 5.15. The Labute approximate surface area is 163 Å². The molecule has 3 heteroatoms. The van der Waals surface area contributed by atoms with Crippen LogP contribution >= 0.6 is 0 Å². The molecule has 2 aromatic rings. The molecule has 2 heterocycles. The van der Waals surface area contributed by atoms with Gasteiger partial charge in [-0.2, -0.15) is 0 Å². The predicted molar refractivity (Wildman–Crippen MR) is 110 cm³/mol. The molecule has 0 saturated carbocycles. The summed E-state index contributed by atoms with van der Waals surface area (Å²) in [7, 11) is 2.37. The molecule has 2 unspecified atom stereocenters. The Morgan fingerprint density at radius 1 is 1.00 bits per heavy atom. The minimum atomic E-state index is 0.366. The zero-order valence-electron chi connectivity index (χ0n) is 16.4. The van der Waals surface area contributed by atoms with Gasteiger partial charge in [-0.15, -0.1) is 0 Å². The molecule has 0 aromatic heterocycles. The first-order valence-corrected chi connectivity index (χ1v) is 10.2. The number of benzene rings is 2. The van der Waals surface area contributed by atoms with Gasteiger partial charge in [0.1, 0.15) is 13.1 Å². The molecular formula is C24H31N2O+. The third-order valence-electron chi connectivity index (χ3n) is 5.86. The van der Waals surface area contributed by atoms with Crippen LogP contribution in [0.5, 0.6) is 0 Å². The predicted octanol–water partition coefficient (Wildman–Crippen LogP) is 4.21. The van der Waals surface area contributed by atoms with Gasteiger partial charge in [0.25, 0.3) is 0 Å². The Balaban J connectivity index is 1.27.